The molecule has 0 aliphatic carbocycles. The topological polar surface area (TPSA) is 29.1 Å². The van der Waals surface area contributed by atoms with Crippen LogP contribution >= 0.6 is 0 Å². The molecule has 2 nitrogen and oxygen atoms in total. The smallest absolute Gasteiger partial charge is 0.223 e. The summed E-state index contributed by atoms with van der Waals surface area (Å²) in [6, 6.07) is 0. The minimum atomic E-state index is 0.00463. The first kappa shape index (κ1) is 11.0. The standard InChI is InChI=1S/C10H17NO/c1-5-6-9(7-8(2)3)10(12)11-4/h5,9H,1-2,6-7H2,3-4H3,(H,11,12). The van der Waals surface area contributed by atoms with Crippen molar-refractivity contribution in [3.63, 3.8) is 0 Å². The Hall–Kier alpha value is -1.05. The highest BCUT2D eigenvalue weighted by Crippen LogP contribution is 2.14. The Morgan fingerprint density at radius 3 is 2.58 bits per heavy atom. The summed E-state index contributed by atoms with van der Waals surface area (Å²) < 4.78 is 0. The van der Waals surface area contributed by atoms with Crippen LogP contribution in [0.25, 0.3) is 0 Å². The molecule has 0 rings (SSSR count). The molecule has 0 fully saturated rings. The van der Waals surface area contributed by atoms with Gasteiger partial charge in [-0.15, -0.1) is 13.2 Å². The number of amides is 1. The Balaban J connectivity index is 4.11. The van der Waals surface area contributed by atoms with Crippen LogP contribution < -0.4 is 5.32 Å². The summed E-state index contributed by atoms with van der Waals surface area (Å²) in [7, 11) is 1.65. The van der Waals surface area contributed by atoms with Crippen LogP contribution in [0.1, 0.15) is 19.8 Å². The van der Waals surface area contributed by atoms with E-state index in [4.69, 9.17) is 0 Å². The molecule has 0 bridgehead atoms. The van der Waals surface area contributed by atoms with Crippen molar-refractivity contribution >= 4 is 5.91 Å². The summed E-state index contributed by atoms with van der Waals surface area (Å²) >= 11 is 0. The molecular formula is C10H17NO. The number of rotatable bonds is 5. The van der Waals surface area contributed by atoms with E-state index < -0.39 is 0 Å². The van der Waals surface area contributed by atoms with Crippen LogP contribution in [0.15, 0.2) is 24.8 Å². The van der Waals surface area contributed by atoms with Gasteiger partial charge in [-0.05, 0) is 19.8 Å². The normalized spacial score (nSPS) is 11.8. The number of carbonyl (C=O) groups excluding carboxylic acids is 1. The maximum atomic E-state index is 11.2. The summed E-state index contributed by atoms with van der Waals surface area (Å²) in [6.45, 7) is 9.32. The van der Waals surface area contributed by atoms with Crippen molar-refractivity contribution in [2.75, 3.05) is 7.05 Å². The summed E-state index contributed by atoms with van der Waals surface area (Å²) in [4.78, 5) is 11.2. The fraction of sp³-hybridized carbons (Fsp3) is 0.500. The summed E-state index contributed by atoms with van der Waals surface area (Å²) in [5, 5.41) is 2.63. The first-order valence-corrected chi connectivity index (χ1v) is 4.08. The lowest BCUT2D eigenvalue weighted by Crippen LogP contribution is -2.27. The molecule has 0 aliphatic heterocycles. The van der Waals surface area contributed by atoms with Gasteiger partial charge in [0.05, 0.1) is 0 Å². The van der Waals surface area contributed by atoms with Crippen LogP contribution in [-0.4, -0.2) is 13.0 Å². The lowest BCUT2D eigenvalue weighted by Gasteiger charge is -2.12. The van der Waals surface area contributed by atoms with E-state index >= 15 is 0 Å². The molecule has 12 heavy (non-hydrogen) atoms. The van der Waals surface area contributed by atoms with E-state index in [0.717, 1.165) is 12.0 Å². The van der Waals surface area contributed by atoms with E-state index in [1.54, 1.807) is 13.1 Å². The second-order valence-electron chi connectivity index (χ2n) is 3.00. The maximum Gasteiger partial charge on any atom is 0.223 e. The molecule has 68 valence electrons. The maximum absolute atomic E-state index is 11.2. The largest absolute Gasteiger partial charge is 0.359 e. The molecule has 2 heteroatoms. The van der Waals surface area contributed by atoms with E-state index in [0.29, 0.717) is 6.42 Å². The van der Waals surface area contributed by atoms with Crippen LogP contribution in [0, 0.1) is 5.92 Å². The highest BCUT2D eigenvalue weighted by atomic mass is 16.1. The van der Waals surface area contributed by atoms with Crippen LogP contribution in [0.3, 0.4) is 0 Å². The van der Waals surface area contributed by atoms with Crippen LogP contribution in [0.2, 0.25) is 0 Å². The third kappa shape index (κ3) is 3.96. The second-order valence-corrected chi connectivity index (χ2v) is 3.00. The number of hydrogen-bond donors (Lipinski definition) is 1. The summed E-state index contributed by atoms with van der Waals surface area (Å²) in [6.07, 6.45) is 3.22. The van der Waals surface area contributed by atoms with E-state index in [9.17, 15) is 4.79 Å². The minimum Gasteiger partial charge on any atom is -0.359 e. The monoisotopic (exact) mass is 167 g/mol. The van der Waals surface area contributed by atoms with Crippen molar-refractivity contribution in [2.24, 2.45) is 5.92 Å². The second kappa shape index (κ2) is 5.58. The molecule has 0 heterocycles. The molecule has 0 aliphatic rings. The van der Waals surface area contributed by atoms with Gasteiger partial charge in [-0.3, -0.25) is 4.79 Å². The van der Waals surface area contributed by atoms with E-state index in [1.807, 2.05) is 6.92 Å². The van der Waals surface area contributed by atoms with Gasteiger partial charge >= 0.3 is 0 Å². The van der Waals surface area contributed by atoms with Gasteiger partial charge in [0.1, 0.15) is 0 Å². The highest BCUT2D eigenvalue weighted by molar-refractivity contribution is 5.78. The highest BCUT2D eigenvalue weighted by Gasteiger charge is 2.14. The summed E-state index contributed by atoms with van der Waals surface area (Å²) in [5.74, 6) is 0.0721. The number of allylic oxidation sites excluding steroid dienone is 2. The SMILES string of the molecule is C=CCC(CC(=C)C)C(=O)NC. The van der Waals surface area contributed by atoms with Crippen molar-refractivity contribution in [3.8, 4) is 0 Å². The number of hydrogen-bond acceptors (Lipinski definition) is 1. The third-order valence-corrected chi connectivity index (χ3v) is 1.66. The Morgan fingerprint density at radius 1 is 1.67 bits per heavy atom. The number of nitrogens with one attached hydrogen (secondary N) is 1. The third-order valence-electron chi connectivity index (χ3n) is 1.66. The van der Waals surface area contributed by atoms with Crippen molar-refractivity contribution in [1.82, 2.24) is 5.32 Å². The first-order chi connectivity index (χ1) is 5.61. The van der Waals surface area contributed by atoms with Gasteiger partial charge in [0, 0.05) is 13.0 Å². The predicted molar refractivity (Wildman–Crippen MR) is 51.8 cm³/mol. The van der Waals surface area contributed by atoms with Crippen molar-refractivity contribution in [2.45, 2.75) is 19.8 Å². The van der Waals surface area contributed by atoms with Gasteiger partial charge in [-0.25, -0.2) is 0 Å². The van der Waals surface area contributed by atoms with Crippen molar-refractivity contribution < 1.29 is 4.79 Å². The average molecular weight is 167 g/mol. The van der Waals surface area contributed by atoms with Gasteiger partial charge in [0.2, 0.25) is 5.91 Å². The zero-order chi connectivity index (χ0) is 9.56. The molecule has 1 unspecified atom stereocenters. The first-order valence-electron chi connectivity index (χ1n) is 4.08. The molecular weight excluding hydrogens is 150 g/mol. The van der Waals surface area contributed by atoms with Crippen LogP contribution in [0.5, 0.6) is 0 Å². The predicted octanol–water partition coefficient (Wildman–Crippen LogP) is 1.89. The molecule has 1 atom stereocenters. The molecule has 0 aromatic heterocycles. The van der Waals surface area contributed by atoms with Crippen LogP contribution in [0.4, 0.5) is 0 Å². The van der Waals surface area contributed by atoms with Gasteiger partial charge in [0.15, 0.2) is 0 Å². The van der Waals surface area contributed by atoms with Gasteiger partial charge in [-0.1, -0.05) is 11.6 Å². The molecule has 0 saturated heterocycles. The lowest BCUT2D eigenvalue weighted by molar-refractivity contribution is -0.124. The Morgan fingerprint density at radius 2 is 2.25 bits per heavy atom. The molecule has 0 spiro atoms. The fourth-order valence-corrected chi connectivity index (χ4v) is 1.11. The van der Waals surface area contributed by atoms with Gasteiger partial charge in [0.25, 0.3) is 0 Å². The molecule has 0 aromatic carbocycles. The Labute approximate surface area is 74.4 Å². The van der Waals surface area contributed by atoms with Crippen molar-refractivity contribution in [1.29, 1.82) is 0 Å². The van der Waals surface area contributed by atoms with E-state index in [1.165, 1.54) is 0 Å². The minimum absolute atomic E-state index is 0.00463. The molecule has 1 amide bonds. The Kier molecular flexibility index (Phi) is 5.09. The van der Waals surface area contributed by atoms with E-state index in [-0.39, 0.29) is 11.8 Å². The van der Waals surface area contributed by atoms with Gasteiger partial charge in [-0.2, -0.15) is 0 Å². The Bertz CT molecular complexity index is 184. The average Bonchev–Trinajstić information content (AvgIpc) is 2.01. The lowest BCUT2D eigenvalue weighted by atomic mass is 9.97. The van der Waals surface area contributed by atoms with E-state index in [2.05, 4.69) is 18.5 Å². The van der Waals surface area contributed by atoms with Crippen molar-refractivity contribution in [3.05, 3.63) is 24.8 Å². The van der Waals surface area contributed by atoms with Gasteiger partial charge < -0.3 is 5.32 Å². The zero-order valence-electron chi connectivity index (χ0n) is 7.89. The molecule has 0 aromatic rings. The van der Waals surface area contributed by atoms with Crippen LogP contribution in [-0.2, 0) is 4.79 Å². The fourth-order valence-electron chi connectivity index (χ4n) is 1.11. The zero-order valence-corrected chi connectivity index (χ0v) is 7.89. The molecule has 0 saturated carbocycles. The molecule has 0 radical (unpaired) electrons. The molecule has 1 N–H and O–H groups in total. The summed E-state index contributed by atoms with van der Waals surface area (Å²) in [5.41, 5.74) is 1.03. The quantitative estimate of drug-likeness (QED) is 0.622. The number of carbonyl (C=O) groups is 1.